The molecule has 1 heterocycles. The maximum Gasteiger partial charge on any atom is 0.145 e. The minimum absolute atomic E-state index is 0.623. The Labute approximate surface area is 148 Å². The molecule has 0 aliphatic carbocycles. The highest BCUT2D eigenvalue weighted by molar-refractivity contribution is 14.1. The van der Waals surface area contributed by atoms with Crippen molar-refractivity contribution in [2.75, 3.05) is 0 Å². The lowest BCUT2D eigenvalue weighted by atomic mass is 10.2. The average molecular weight is 427 g/mol. The minimum atomic E-state index is -1.80. The molecular weight excluding hydrogens is 401 g/mol. The van der Waals surface area contributed by atoms with Gasteiger partial charge in [0.05, 0.1) is 3.57 Å². The number of hydrogen-bond acceptors (Lipinski definition) is 2. The van der Waals surface area contributed by atoms with Crippen LogP contribution in [0.2, 0.25) is 16.6 Å². The van der Waals surface area contributed by atoms with Crippen LogP contribution in [0.1, 0.15) is 41.5 Å². The second-order valence-corrected chi connectivity index (χ2v) is 13.8. The predicted octanol–water partition coefficient (Wildman–Crippen LogP) is 5.83. The monoisotopic (exact) mass is 427 g/mol. The van der Waals surface area contributed by atoms with Gasteiger partial charge >= 0.3 is 0 Å². The van der Waals surface area contributed by atoms with Gasteiger partial charge in [-0.1, -0.05) is 77.0 Å². The van der Waals surface area contributed by atoms with Crippen LogP contribution in [0, 0.1) is 3.57 Å². The molecule has 0 bridgehead atoms. The van der Waals surface area contributed by atoms with Crippen molar-refractivity contribution in [3.8, 4) is 11.3 Å². The fourth-order valence-corrected chi connectivity index (χ4v) is 12.3. The molecule has 2 aromatic rings. The van der Waals surface area contributed by atoms with Gasteiger partial charge in [0.15, 0.2) is 0 Å². The fourth-order valence-electron chi connectivity index (χ4n) is 4.11. The second kappa shape index (κ2) is 6.87. The summed E-state index contributed by atoms with van der Waals surface area (Å²) in [7, 11) is -1.80. The van der Waals surface area contributed by atoms with E-state index in [0.29, 0.717) is 16.6 Å². The summed E-state index contributed by atoms with van der Waals surface area (Å²) in [6.07, 6.45) is 0. The molecule has 0 saturated carbocycles. The lowest BCUT2D eigenvalue weighted by Gasteiger charge is -2.40. The molecule has 0 N–H and O–H groups in total. The second-order valence-electron chi connectivity index (χ2n) is 6.94. The molecule has 120 valence electrons. The third-order valence-corrected chi connectivity index (χ3v) is 13.3. The van der Waals surface area contributed by atoms with Gasteiger partial charge < -0.3 is 4.52 Å². The van der Waals surface area contributed by atoms with E-state index in [0.717, 1.165) is 11.3 Å². The highest BCUT2D eigenvalue weighted by atomic mass is 127. The van der Waals surface area contributed by atoms with Crippen LogP contribution >= 0.6 is 22.6 Å². The molecule has 0 aliphatic rings. The number of benzene rings is 1. The van der Waals surface area contributed by atoms with E-state index < -0.39 is 8.07 Å². The van der Waals surface area contributed by atoms with Crippen LogP contribution in [0.3, 0.4) is 0 Å². The van der Waals surface area contributed by atoms with Crippen LogP contribution in [-0.2, 0) is 0 Å². The van der Waals surface area contributed by atoms with Gasteiger partial charge in [0, 0.05) is 5.56 Å². The van der Waals surface area contributed by atoms with E-state index in [4.69, 9.17) is 4.52 Å². The Hall–Kier alpha value is -0.623. The van der Waals surface area contributed by atoms with Crippen LogP contribution in [-0.4, -0.2) is 13.2 Å². The minimum Gasteiger partial charge on any atom is -0.365 e. The first-order chi connectivity index (χ1) is 10.3. The van der Waals surface area contributed by atoms with Gasteiger partial charge in [-0.3, -0.25) is 0 Å². The Kier molecular flexibility index (Phi) is 5.53. The van der Waals surface area contributed by atoms with E-state index >= 15 is 0 Å². The van der Waals surface area contributed by atoms with Crippen molar-refractivity contribution in [2.24, 2.45) is 0 Å². The van der Waals surface area contributed by atoms with E-state index in [-0.39, 0.29) is 0 Å². The Morgan fingerprint density at radius 3 is 1.86 bits per heavy atom. The maximum atomic E-state index is 6.00. The largest absolute Gasteiger partial charge is 0.365 e. The molecule has 2 nitrogen and oxygen atoms in total. The molecule has 0 saturated heterocycles. The van der Waals surface area contributed by atoms with Crippen LogP contribution < -0.4 is 5.38 Å². The Morgan fingerprint density at radius 2 is 1.41 bits per heavy atom. The van der Waals surface area contributed by atoms with Gasteiger partial charge in [0.25, 0.3) is 0 Å². The number of aromatic nitrogens is 1. The molecule has 0 spiro atoms. The molecule has 0 fully saturated rings. The standard InChI is InChI=1S/C18H26INOSi/c1-12(2)22(13(3)4,14(5)6)18-16(19)17(20-21-18)15-10-8-7-9-11-15/h7-14H,1-6H3. The molecular formula is C18H26INOSi. The van der Waals surface area contributed by atoms with Gasteiger partial charge in [-0.15, -0.1) is 0 Å². The summed E-state index contributed by atoms with van der Waals surface area (Å²) in [5.41, 5.74) is 4.00. The van der Waals surface area contributed by atoms with Crippen LogP contribution in [0.5, 0.6) is 0 Å². The average Bonchev–Trinajstić information content (AvgIpc) is 2.82. The predicted molar refractivity (Wildman–Crippen MR) is 105 cm³/mol. The number of nitrogens with zero attached hydrogens (tertiary/aromatic N) is 1. The highest BCUT2D eigenvalue weighted by Crippen LogP contribution is 2.42. The van der Waals surface area contributed by atoms with Crippen molar-refractivity contribution < 1.29 is 4.52 Å². The quantitative estimate of drug-likeness (QED) is 0.443. The van der Waals surface area contributed by atoms with E-state index in [1.165, 1.54) is 8.95 Å². The molecule has 4 heteroatoms. The van der Waals surface area contributed by atoms with Crippen molar-refractivity contribution in [1.29, 1.82) is 0 Å². The summed E-state index contributed by atoms with van der Waals surface area (Å²) >= 11 is 2.44. The molecule has 0 unspecified atom stereocenters. The van der Waals surface area contributed by atoms with Gasteiger partial charge in [-0.2, -0.15) is 0 Å². The highest BCUT2D eigenvalue weighted by Gasteiger charge is 2.49. The van der Waals surface area contributed by atoms with Crippen LogP contribution in [0.4, 0.5) is 0 Å². The summed E-state index contributed by atoms with van der Waals surface area (Å²) in [5.74, 6) is 0. The maximum absolute atomic E-state index is 6.00. The van der Waals surface area contributed by atoms with Crippen LogP contribution in [0.25, 0.3) is 11.3 Å². The SMILES string of the molecule is CC(C)[Si](c1onc(-c2ccccc2)c1I)(C(C)C)C(C)C. The Morgan fingerprint density at radius 1 is 0.909 bits per heavy atom. The van der Waals surface area contributed by atoms with Gasteiger partial charge in [0.1, 0.15) is 19.2 Å². The molecule has 1 aromatic carbocycles. The fraction of sp³-hybridized carbons (Fsp3) is 0.500. The number of hydrogen-bond donors (Lipinski definition) is 0. The van der Waals surface area contributed by atoms with Crippen molar-refractivity contribution in [3.63, 3.8) is 0 Å². The third-order valence-electron chi connectivity index (χ3n) is 4.94. The van der Waals surface area contributed by atoms with E-state index in [9.17, 15) is 0 Å². The van der Waals surface area contributed by atoms with Crippen molar-refractivity contribution in [2.45, 2.75) is 58.2 Å². The zero-order chi connectivity index (χ0) is 16.5. The summed E-state index contributed by atoms with van der Waals surface area (Å²) in [6.45, 7) is 14.1. The summed E-state index contributed by atoms with van der Waals surface area (Å²) in [4.78, 5) is 0. The summed E-state index contributed by atoms with van der Waals surface area (Å²) in [6, 6.07) is 10.3. The van der Waals surface area contributed by atoms with Gasteiger partial charge in [0.2, 0.25) is 0 Å². The lowest BCUT2D eigenvalue weighted by molar-refractivity contribution is 0.441. The molecule has 1 aromatic heterocycles. The first-order valence-electron chi connectivity index (χ1n) is 8.04. The normalized spacial score (nSPS) is 12.6. The number of rotatable bonds is 5. The van der Waals surface area contributed by atoms with Gasteiger partial charge in [-0.05, 0) is 39.2 Å². The van der Waals surface area contributed by atoms with E-state index in [1.807, 2.05) is 6.07 Å². The molecule has 22 heavy (non-hydrogen) atoms. The third kappa shape index (κ3) is 2.80. The molecule has 2 rings (SSSR count). The number of halogens is 1. The Balaban J connectivity index is 2.63. The zero-order valence-corrected chi connectivity index (χ0v) is 17.5. The summed E-state index contributed by atoms with van der Waals surface area (Å²) < 4.78 is 7.22. The van der Waals surface area contributed by atoms with Crippen molar-refractivity contribution in [1.82, 2.24) is 5.16 Å². The zero-order valence-electron chi connectivity index (χ0n) is 14.4. The topological polar surface area (TPSA) is 26.0 Å². The van der Waals surface area contributed by atoms with E-state index in [1.54, 1.807) is 0 Å². The molecule has 0 amide bonds. The molecule has 0 atom stereocenters. The van der Waals surface area contributed by atoms with Crippen molar-refractivity contribution >= 4 is 36.0 Å². The lowest BCUT2D eigenvalue weighted by Crippen LogP contribution is -2.56. The smallest absolute Gasteiger partial charge is 0.145 e. The first-order valence-corrected chi connectivity index (χ1v) is 11.4. The molecule has 0 aliphatic heterocycles. The first kappa shape index (κ1) is 17.7. The Bertz CT molecular complexity index is 597. The molecule has 0 radical (unpaired) electrons. The van der Waals surface area contributed by atoms with Gasteiger partial charge in [-0.25, -0.2) is 0 Å². The van der Waals surface area contributed by atoms with Crippen molar-refractivity contribution in [3.05, 3.63) is 33.9 Å². The van der Waals surface area contributed by atoms with Crippen LogP contribution in [0.15, 0.2) is 34.9 Å². The summed E-state index contributed by atoms with van der Waals surface area (Å²) in [5, 5.41) is 5.64. The van der Waals surface area contributed by atoms with E-state index in [2.05, 4.69) is 93.6 Å².